The minimum absolute atomic E-state index is 0.204. The lowest BCUT2D eigenvalue weighted by atomic mass is 9.63. The monoisotopic (exact) mass is 324 g/mol. The molecule has 3 rings (SSSR count). The van der Waals surface area contributed by atoms with Crippen LogP contribution in [0.1, 0.15) is 44.2 Å². The average molecular weight is 324 g/mol. The second-order valence-electron chi connectivity index (χ2n) is 7.09. The molecule has 1 saturated heterocycles. The van der Waals surface area contributed by atoms with Gasteiger partial charge in [-0.25, -0.2) is 9.97 Å². The van der Waals surface area contributed by atoms with Gasteiger partial charge in [-0.15, -0.1) is 0 Å². The van der Waals surface area contributed by atoms with Gasteiger partial charge >= 0.3 is 0 Å². The molecule has 0 aromatic carbocycles. The van der Waals surface area contributed by atoms with Crippen LogP contribution in [0.15, 0.2) is 12.3 Å². The van der Waals surface area contributed by atoms with E-state index < -0.39 is 0 Å². The van der Waals surface area contributed by atoms with Crippen molar-refractivity contribution in [2.24, 2.45) is 11.3 Å². The fourth-order valence-corrected chi connectivity index (χ4v) is 4.20. The van der Waals surface area contributed by atoms with Crippen LogP contribution in [0.2, 0.25) is 0 Å². The molecule has 24 heavy (non-hydrogen) atoms. The molecule has 2 unspecified atom stereocenters. The lowest BCUT2D eigenvalue weighted by molar-refractivity contribution is 0.0794. The topological polar surface area (TPSA) is 88.6 Å². The van der Waals surface area contributed by atoms with Crippen molar-refractivity contribution in [2.75, 3.05) is 25.5 Å². The van der Waals surface area contributed by atoms with Gasteiger partial charge in [0.25, 0.3) is 0 Å². The molecule has 2 atom stereocenters. The highest BCUT2D eigenvalue weighted by atomic mass is 15.1. The van der Waals surface area contributed by atoms with Gasteiger partial charge in [0, 0.05) is 12.2 Å². The molecule has 2 heterocycles. The van der Waals surface area contributed by atoms with Gasteiger partial charge < -0.3 is 10.2 Å². The molecule has 6 nitrogen and oxygen atoms in total. The highest BCUT2D eigenvalue weighted by Gasteiger charge is 2.45. The van der Waals surface area contributed by atoms with Crippen LogP contribution in [-0.2, 0) is 0 Å². The number of rotatable bonds is 3. The van der Waals surface area contributed by atoms with Gasteiger partial charge in [-0.3, -0.25) is 0 Å². The van der Waals surface area contributed by atoms with Gasteiger partial charge in [0.05, 0.1) is 11.5 Å². The molecular formula is C18H24N6. The van der Waals surface area contributed by atoms with Crippen LogP contribution in [0.4, 0.5) is 5.95 Å². The molecular weight excluding hydrogens is 300 g/mol. The van der Waals surface area contributed by atoms with Gasteiger partial charge in [0.15, 0.2) is 0 Å². The van der Waals surface area contributed by atoms with Crippen molar-refractivity contribution in [1.29, 1.82) is 10.5 Å². The molecule has 6 heteroatoms. The molecule has 1 aromatic rings. The maximum absolute atomic E-state index is 9.98. The van der Waals surface area contributed by atoms with E-state index in [0.29, 0.717) is 17.6 Å². The Hall–Kier alpha value is -2.18. The molecule has 0 amide bonds. The second kappa shape index (κ2) is 7.15. The number of aromatic nitrogens is 2. The number of nitrogens with one attached hydrogen (secondary N) is 1. The first kappa shape index (κ1) is 16.7. The zero-order chi connectivity index (χ0) is 17.0. The SMILES string of the molecule is CN1CCC(C#N)(C2CCCCC2Nc2nccc(C#N)n2)CC1. The van der Waals surface area contributed by atoms with Crippen LogP contribution in [0, 0.1) is 34.0 Å². The smallest absolute Gasteiger partial charge is 0.224 e. The molecule has 1 N–H and O–H groups in total. The second-order valence-corrected chi connectivity index (χ2v) is 7.09. The number of anilines is 1. The first-order chi connectivity index (χ1) is 11.7. The van der Waals surface area contributed by atoms with Crippen molar-refractivity contribution in [1.82, 2.24) is 14.9 Å². The fraction of sp³-hybridized carbons (Fsp3) is 0.667. The Labute approximate surface area is 143 Å². The molecule has 1 aliphatic carbocycles. The maximum Gasteiger partial charge on any atom is 0.224 e. The molecule has 126 valence electrons. The van der Waals surface area contributed by atoms with Crippen LogP contribution >= 0.6 is 0 Å². The van der Waals surface area contributed by atoms with E-state index in [1.807, 2.05) is 0 Å². The van der Waals surface area contributed by atoms with Crippen molar-refractivity contribution in [3.05, 3.63) is 18.0 Å². The maximum atomic E-state index is 9.98. The highest BCUT2D eigenvalue weighted by Crippen LogP contribution is 2.45. The normalized spacial score (nSPS) is 27.0. The zero-order valence-electron chi connectivity index (χ0n) is 14.2. The van der Waals surface area contributed by atoms with Crippen molar-refractivity contribution >= 4 is 5.95 Å². The zero-order valence-corrected chi connectivity index (χ0v) is 14.2. The van der Waals surface area contributed by atoms with E-state index in [1.54, 1.807) is 12.3 Å². The van der Waals surface area contributed by atoms with Crippen molar-refractivity contribution in [3.8, 4) is 12.1 Å². The molecule has 0 bridgehead atoms. The number of piperidine rings is 1. The number of nitriles is 2. The number of hydrogen-bond donors (Lipinski definition) is 1. The molecule has 0 radical (unpaired) electrons. The Bertz CT molecular complexity index is 650. The molecule has 1 aliphatic heterocycles. The van der Waals surface area contributed by atoms with Crippen LogP contribution in [-0.4, -0.2) is 41.0 Å². The Morgan fingerprint density at radius 3 is 2.71 bits per heavy atom. The molecule has 2 fully saturated rings. The van der Waals surface area contributed by atoms with E-state index in [-0.39, 0.29) is 11.5 Å². The summed E-state index contributed by atoms with van der Waals surface area (Å²) in [6.45, 7) is 1.97. The standard InChI is InChI=1S/C18H24N6/c1-24-10-7-18(13-20,8-11-24)15-4-2-3-5-16(15)23-17-21-9-6-14(12-19)22-17/h6,9,15-16H,2-5,7-8,10-11H2,1H3,(H,21,22,23). The first-order valence-electron chi connectivity index (χ1n) is 8.76. The van der Waals surface area contributed by atoms with Crippen LogP contribution in [0.5, 0.6) is 0 Å². The van der Waals surface area contributed by atoms with Gasteiger partial charge in [-0.2, -0.15) is 10.5 Å². The number of hydrogen-bond acceptors (Lipinski definition) is 6. The summed E-state index contributed by atoms with van der Waals surface area (Å²) in [4.78, 5) is 10.8. The highest BCUT2D eigenvalue weighted by molar-refractivity contribution is 5.32. The van der Waals surface area contributed by atoms with E-state index in [0.717, 1.165) is 45.2 Å². The van der Waals surface area contributed by atoms with Crippen LogP contribution < -0.4 is 5.32 Å². The third kappa shape index (κ3) is 3.34. The number of likely N-dealkylation sites (tertiary alicyclic amines) is 1. The van der Waals surface area contributed by atoms with Gasteiger partial charge in [0.1, 0.15) is 11.8 Å². The van der Waals surface area contributed by atoms with Gasteiger partial charge in [0.2, 0.25) is 5.95 Å². The summed E-state index contributed by atoms with van der Waals surface area (Å²) in [5.41, 5.74) is 0.117. The summed E-state index contributed by atoms with van der Waals surface area (Å²) in [6.07, 6.45) is 7.93. The van der Waals surface area contributed by atoms with E-state index in [2.05, 4.69) is 39.4 Å². The average Bonchev–Trinajstić information content (AvgIpc) is 2.63. The Balaban J connectivity index is 1.80. The lowest BCUT2D eigenvalue weighted by Crippen LogP contribution is -2.48. The predicted molar refractivity (Wildman–Crippen MR) is 90.9 cm³/mol. The van der Waals surface area contributed by atoms with Crippen molar-refractivity contribution in [2.45, 2.75) is 44.6 Å². The fourth-order valence-electron chi connectivity index (χ4n) is 4.20. The molecule has 1 aromatic heterocycles. The van der Waals surface area contributed by atoms with E-state index in [9.17, 15) is 5.26 Å². The van der Waals surface area contributed by atoms with Gasteiger partial charge in [-0.1, -0.05) is 12.8 Å². The van der Waals surface area contributed by atoms with Crippen LogP contribution in [0.25, 0.3) is 0 Å². The molecule has 2 aliphatic rings. The summed E-state index contributed by atoms with van der Waals surface area (Å²) in [5, 5.41) is 22.4. The summed E-state index contributed by atoms with van der Waals surface area (Å²) in [6, 6.07) is 6.55. The number of nitrogens with zero attached hydrogens (tertiary/aromatic N) is 5. The summed E-state index contributed by atoms with van der Waals surface area (Å²) >= 11 is 0. The minimum atomic E-state index is -0.253. The predicted octanol–water partition coefficient (Wildman–Crippen LogP) is 2.55. The van der Waals surface area contributed by atoms with Gasteiger partial charge in [-0.05, 0) is 57.8 Å². The summed E-state index contributed by atoms with van der Waals surface area (Å²) in [5.74, 6) is 0.825. The Kier molecular flexibility index (Phi) is 4.97. The minimum Gasteiger partial charge on any atom is -0.351 e. The molecule has 0 spiro atoms. The van der Waals surface area contributed by atoms with E-state index >= 15 is 0 Å². The Morgan fingerprint density at radius 2 is 2.00 bits per heavy atom. The van der Waals surface area contributed by atoms with Crippen molar-refractivity contribution in [3.63, 3.8) is 0 Å². The Morgan fingerprint density at radius 1 is 1.25 bits per heavy atom. The van der Waals surface area contributed by atoms with E-state index in [1.165, 1.54) is 6.42 Å². The lowest BCUT2D eigenvalue weighted by Gasteiger charge is -2.46. The van der Waals surface area contributed by atoms with Crippen molar-refractivity contribution < 1.29 is 0 Å². The third-order valence-electron chi connectivity index (χ3n) is 5.66. The molecule has 1 saturated carbocycles. The van der Waals surface area contributed by atoms with E-state index in [4.69, 9.17) is 5.26 Å². The quantitative estimate of drug-likeness (QED) is 0.919. The third-order valence-corrected chi connectivity index (χ3v) is 5.66. The first-order valence-corrected chi connectivity index (χ1v) is 8.76. The largest absolute Gasteiger partial charge is 0.351 e. The summed E-state index contributed by atoms with van der Waals surface area (Å²) in [7, 11) is 2.12. The van der Waals surface area contributed by atoms with Crippen LogP contribution in [0.3, 0.4) is 0 Å². The summed E-state index contributed by atoms with van der Waals surface area (Å²) < 4.78 is 0.